The lowest BCUT2D eigenvalue weighted by Gasteiger charge is -2.28. The molecular weight excluding hydrogens is 270 g/mol. The second kappa shape index (κ2) is 6.82. The molecule has 2 rings (SSSR count). The molecule has 0 atom stereocenters. The fourth-order valence-corrected chi connectivity index (χ4v) is 2.89. The van der Waals surface area contributed by atoms with Crippen molar-refractivity contribution < 1.29 is 4.42 Å². The minimum absolute atomic E-state index is 0.133. The van der Waals surface area contributed by atoms with Gasteiger partial charge < -0.3 is 9.73 Å². The van der Waals surface area contributed by atoms with E-state index in [0.29, 0.717) is 11.1 Å². The SMILES string of the molecule is CC(C)(C)NC/C(=C/c1ccc(Cl)o1)C1CCCCC1. The standard InChI is InChI=1S/C17H26ClNO/c1-17(2,3)19-12-14(13-7-5-4-6-8-13)11-15-9-10-16(18)20-15/h9-11,13,19H,4-8,12H2,1-3H3/b14-11-. The highest BCUT2D eigenvalue weighted by molar-refractivity contribution is 6.28. The quantitative estimate of drug-likeness (QED) is 0.817. The van der Waals surface area contributed by atoms with Gasteiger partial charge in [0.1, 0.15) is 5.76 Å². The van der Waals surface area contributed by atoms with Crippen LogP contribution >= 0.6 is 11.6 Å². The van der Waals surface area contributed by atoms with Gasteiger partial charge in [-0.3, -0.25) is 0 Å². The number of furan rings is 1. The summed E-state index contributed by atoms with van der Waals surface area (Å²) < 4.78 is 5.50. The Morgan fingerprint density at radius 2 is 2.00 bits per heavy atom. The Morgan fingerprint density at radius 3 is 2.55 bits per heavy atom. The van der Waals surface area contributed by atoms with Gasteiger partial charge in [-0.2, -0.15) is 0 Å². The predicted molar refractivity (Wildman–Crippen MR) is 86.0 cm³/mol. The minimum atomic E-state index is 0.133. The summed E-state index contributed by atoms with van der Waals surface area (Å²) in [6, 6.07) is 3.76. The highest BCUT2D eigenvalue weighted by atomic mass is 35.5. The fourth-order valence-electron chi connectivity index (χ4n) is 2.74. The third-order valence-electron chi connectivity index (χ3n) is 3.87. The van der Waals surface area contributed by atoms with Gasteiger partial charge in [0.15, 0.2) is 5.22 Å². The molecule has 1 aliphatic carbocycles. The summed E-state index contributed by atoms with van der Waals surface area (Å²) in [5, 5.41) is 4.06. The summed E-state index contributed by atoms with van der Waals surface area (Å²) in [4.78, 5) is 0. The zero-order chi connectivity index (χ0) is 14.6. The van der Waals surface area contributed by atoms with E-state index in [1.54, 1.807) is 0 Å². The van der Waals surface area contributed by atoms with Crippen LogP contribution in [0.1, 0.15) is 58.6 Å². The Labute approximate surface area is 127 Å². The number of rotatable bonds is 4. The first-order chi connectivity index (χ1) is 9.44. The summed E-state index contributed by atoms with van der Waals surface area (Å²) in [6.45, 7) is 7.53. The first-order valence-corrected chi connectivity index (χ1v) is 8.03. The van der Waals surface area contributed by atoms with Crippen LogP contribution in [0.5, 0.6) is 0 Å². The van der Waals surface area contributed by atoms with Crippen LogP contribution in [0.25, 0.3) is 6.08 Å². The van der Waals surface area contributed by atoms with Gasteiger partial charge in [0.25, 0.3) is 0 Å². The Balaban J connectivity index is 2.12. The molecule has 3 heteroatoms. The number of nitrogens with one attached hydrogen (secondary N) is 1. The van der Waals surface area contributed by atoms with Gasteiger partial charge in [-0.1, -0.05) is 19.3 Å². The zero-order valence-electron chi connectivity index (χ0n) is 12.8. The lowest BCUT2D eigenvalue weighted by atomic mass is 9.83. The zero-order valence-corrected chi connectivity index (χ0v) is 13.6. The Morgan fingerprint density at radius 1 is 1.30 bits per heavy atom. The molecular formula is C17H26ClNO. The average molecular weight is 296 g/mol. The molecule has 0 unspecified atom stereocenters. The summed E-state index contributed by atoms with van der Waals surface area (Å²) in [5.74, 6) is 1.55. The van der Waals surface area contributed by atoms with Crippen molar-refractivity contribution in [1.82, 2.24) is 5.32 Å². The van der Waals surface area contributed by atoms with Crippen molar-refractivity contribution in [1.29, 1.82) is 0 Å². The Bertz CT molecular complexity index is 450. The van der Waals surface area contributed by atoms with Crippen molar-refractivity contribution in [2.75, 3.05) is 6.54 Å². The smallest absolute Gasteiger partial charge is 0.193 e. The molecule has 1 aromatic heterocycles. The van der Waals surface area contributed by atoms with Crippen LogP contribution < -0.4 is 5.32 Å². The number of halogens is 1. The second-order valence-electron chi connectivity index (χ2n) is 6.80. The third kappa shape index (κ3) is 4.99. The van der Waals surface area contributed by atoms with E-state index in [1.807, 2.05) is 12.1 Å². The molecule has 1 aliphatic rings. The molecule has 112 valence electrons. The van der Waals surface area contributed by atoms with Crippen molar-refractivity contribution in [3.63, 3.8) is 0 Å². The maximum atomic E-state index is 5.87. The normalized spacial score (nSPS) is 18.5. The van der Waals surface area contributed by atoms with E-state index in [-0.39, 0.29) is 5.54 Å². The minimum Gasteiger partial charge on any atom is -0.445 e. The highest BCUT2D eigenvalue weighted by Crippen LogP contribution is 2.31. The van der Waals surface area contributed by atoms with E-state index in [9.17, 15) is 0 Å². The lowest BCUT2D eigenvalue weighted by molar-refractivity contribution is 0.378. The van der Waals surface area contributed by atoms with Crippen molar-refractivity contribution in [2.45, 2.75) is 58.4 Å². The molecule has 0 amide bonds. The van der Waals surface area contributed by atoms with Gasteiger partial charge in [0.2, 0.25) is 0 Å². The highest BCUT2D eigenvalue weighted by Gasteiger charge is 2.20. The van der Waals surface area contributed by atoms with Crippen LogP contribution in [-0.2, 0) is 0 Å². The van der Waals surface area contributed by atoms with E-state index >= 15 is 0 Å². The van der Waals surface area contributed by atoms with Crippen molar-refractivity contribution in [2.24, 2.45) is 5.92 Å². The van der Waals surface area contributed by atoms with Crippen LogP contribution in [0.3, 0.4) is 0 Å². The largest absolute Gasteiger partial charge is 0.445 e. The van der Waals surface area contributed by atoms with Gasteiger partial charge >= 0.3 is 0 Å². The molecule has 0 aliphatic heterocycles. The Kier molecular flexibility index (Phi) is 5.34. The van der Waals surface area contributed by atoms with E-state index in [1.165, 1.54) is 37.7 Å². The molecule has 0 aromatic carbocycles. The van der Waals surface area contributed by atoms with Crippen molar-refractivity contribution in [3.8, 4) is 0 Å². The van der Waals surface area contributed by atoms with Crippen LogP contribution in [-0.4, -0.2) is 12.1 Å². The van der Waals surface area contributed by atoms with Crippen molar-refractivity contribution in [3.05, 3.63) is 28.7 Å². The predicted octanol–water partition coefficient (Wildman–Crippen LogP) is 5.28. The molecule has 1 heterocycles. The molecule has 0 spiro atoms. The van der Waals surface area contributed by atoms with E-state index in [2.05, 4.69) is 32.2 Å². The molecule has 1 N–H and O–H groups in total. The monoisotopic (exact) mass is 295 g/mol. The van der Waals surface area contributed by atoms with Gasteiger partial charge in [0.05, 0.1) is 0 Å². The topological polar surface area (TPSA) is 25.2 Å². The van der Waals surface area contributed by atoms with E-state index in [4.69, 9.17) is 16.0 Å². The van der Waals surface area contributed by atoms with Crippen molar-refractivity contribution >= 4 is 17.7 Å². The number of hydrogen-bond donors (Lipinski definition) is 1. The maximum Gasteiger partial charge on any atom is 0.193 e. The first-order valence-electron chi connectivity index (χ1n) is 7.65. The van der Waals surface area contributed by atoms with Crippen LogP contribution in [0.15, 0.2) is 22.1 Å². The first kappa shape index (κ1) is 15.7. The van der Waals surface area contributed by atoms with Gasteiger partial charge in [-0.05, 0) is 74.9 Å². The van der Waals surface area contributed by atoms with Gasteiger partial charge in [-0.15, -0.1) is 0 Å². The summed E-state index contributed by atoms with van der Waals surface area (Å²) in [7, 11) is 0. The van der Waals surface area contributed by atoms with Crippen LogP contribution in [0.2, 0.25) is 5.22 Å². The average Bonchev–Trinajstić information content (AvgIpc) is 2.80. The molecule has 0 bridgehead atoms. The summed E-state index contributed by atoms with van der Waals surface area (Å²) >= 11 is 5.87. The van der Waals surface area contributed by atoms with Gasteiger partial charge in [-0.25, -0.2) is 0 Å². The van der Waals surface area contributed by atoms with Crippen LogP contribution in [0, 0.1) is 5.92 Å². The lowest BCUT2D eigenvalue weighted by Crippen LogP contribution is -2.38. The maximum absolute atomic E-state index is 5.87. The fraction of sp³-hybridized carbons (Fsp3) is 0.647. The van der Waals surface area contributed by atoms with Gasteiger partial charge in [0, 0.05) is 12.1 Å². The summed E-state index contributed by atoms with van der Waals surface area (Å²) in [6.07, 6.45) is 8.84. The molecule has 1 fully saturated rings. The molecule has 2 nitrogen and oxygen atoms in total. The Hall–Kier alpha value is -0.730. The van der Waals surface area contributed by atoms with E-state index < -0.39 is 0 Å². The third-order valence-corrected chi connectivity index (χ3v) is 4.08. The van der Waals surface area contributed by atoms with Crippen LogP contribution in [0.4, 0.5) is 0 Å². The molecule has 0 saturated heterocycles. The van der Waals surface area contributed by atoms with E-state index in [0.717, 1.165) is 12.3 Å². The second-order valence-corrected chi connectivity index (χ2v) is 7.17. The molecule has 1 saturated carbocycles. The summed E-state index contributed by atoms with van der Waals surface area (Å²) in [5.41, 5.74) is 1.58. The number of hydrogen-bond acceptors (Lipinski definition) is 2. The molecule has 1 aromatic rings. The molecule has 0 radical (unpaired) electrons. The molecule has 20 heavy (non-hydrogen) atoms.